The second-order valence-corrected chi connectivity index (χ2v) is 5.81. The van der Waals surface area contributed by atoms with E-state index in [0.29, 0.717) is 12.1 Å². The molecule has 0 amide bonds. The van der Waals surface area contributed by atoms with Crippen LogP contribution in [0.25, 0.3) is 0 Å². The molecule has 0 spiro atoms. The monoisotopic (exact) mass is 249 g/mol. The van der Waals surface area contributed by atoms with Gasteiger partial charge >= 0.3 is 0 Å². The Morgan fingerprint density at radius 2 is 1.83 bits per heavy atom. The van der Waals surface area contributed by atoms with E-state index in [-0.39, 0.29) is 5.60 Å². The zero-order chi connectivity index (χ0) is 13.8. The third-order valence-corrected chi connectivity index (χ3v) is 3.54. The van der Waals surface area contributed by atoms with E-state index in [1.54, 1.807) is 7.11 Å². The molecule has 102 valence electrons. The van der Waals surface area contributed by atoms with Crippen molar-refractivity contribution in [1.82, 2.24) is 5.32 Å². The Morgan fingerprint density at radius 1 is 1.22 bits per heavy atom. The first-order valence-electron chi connectivity index (χ1n) is 6.72. The van der Waals surface area contributed by atoms with E-state index in [0.717, 1.165) is 6.42 Å². The van der Waals surface area contributed by atoms with Crippen LogP contribution in [0.2, 0.25) is 0 Å². The van der Waals surface area contributed by atoms with Crippen LogP contribution in [0.15, 0.2) is 24.3 Å². The Balaban J connectivity index is 2.60. The third-order valence-electron chi connectivity index (χ3n) is 3.54. The zero-order valence-corrected chi connectivity index (χ0v) is 12.6. The molecule has 0 aliphatic carbocycles. The molecular weight excluding hydrogens is 222 g/mol. The van der Waals surface area contributed by atoms with E-state index in [9.17, 15) is 0 Å². The van der Waals surface area contributed by atoms with Crippen LogP contribution in [0.4, 0.5) is 0 Å². The number of benzene rings is 1. The first kappa shape index (κ1) is 15.2. The van der Waals surface area contributed by atoms with Gasteiger partial charge in [0.2, 0.25) is 0 Å². The van der Waals surface area contributed by atoms with Gasteiger partial charge in [0.25, 0.3) is 0 Å². The predicted molar refractivity (Wildman–Crippen MR) is 77.9 cm³/mol. The fourth-order valence-corrected chi connectivity index (χ4v) is 2.47. The maximum Gasteiger partial charge on any atom is 0.0637 e. The summed E-state index contributed by atoms with van der Waals surface area (Å²) in [4.78, 5) is 0. The molecule has 2 atom stereocenters. The summed E-state index contributed by atoms with van der Waals surface area (Å²) in [6.45, 7) is 10.9. The molecule has 0 bridgehead atoms. The Hall–Kier alpha value is -0.860. The number of nitrogens with one attached hydrogen (secondary N) is 1. The molecular formula is C16H27NO. The van der Waals surface area contributed by atoms with Gasteiger partial charge in [-0.1, -0.05) is 24.3 Å². The van der Waals surface area contributed by atoms with Crippen molar-refractivity contribution in [2.24, 2.45) is 0 Å². The summed E-state index contributed by atoms with van der Waals surface area (Å²) in [5.74, 6) is 0. The largest absolute Gasteiger partial charge is 0.379 e. The first-order chi connectivity index (χ1) is 8.35. The van der Waals surface area contributed by atoms with Gasteiger partial charge in [0, 0.05) is 19.2 Å². The van der Waals surface area contributed by atoms with Gasteiger partial charge in [0.1, 0.15) is 0 Å². The molecule has 1 N–H and O–H groups in total. The van der Waals surface area contributed by atoms with Gasteiger partial charge in [-0.2, -0.15) is 0 Å². The summed E-state index contributed by atoms with van der Waals surface area (Å²) in [6.07, 6.45) is 1.000. The Morgan fingerprint density at radius 3 is 2.39 bits per heavy atom. The van der Waals surface area contributed by atoms with Crippen molar-refractivity contribution in [1.29, 1.82) is 0 Å². The van der Waals surface area contributed by atoms with Crippen molar-refractivity contribution in [3.8, 4) is 0 Å². The van der Waals surface area contributed by atoms with Crippen LogP contribution >= 0.6 is 0 Å². The average Bonchev–Trinajstić information content (AvgIpc) is 2.28. The van der Waals surface area contributed by atoms with Crippen molar-refractivity contribution in [3.63, 3.8) is 0 Å². The first-order valence-corrected chi connectivity index (χ1v) is 6.72. The second-order valence-electron chi connectivity index (χ2n) is 5.81. The molecule has 1 rings (SSSR count). The minimum Gasteiger partial charge on any atom is -0.379 e. The fourth-order valence-electron chi connectivity index (χ4n) is 2.47. The molecule has 0 fully saturated rings. The molecule has 0 aliphatic heterocycles. The van der Waals surface area contributed by atoms with Crippen LogP contribution in [-0.4, -0.2) is 18.8 Å². The lowest BCUT2D eigenvalue weighted by Gasteiger charge is -2.29. The zero-order valence-electron chi connectivity index (χ0n) is 12.6. The summed E-state index contributed by atoms with van der Waals surface area (Å²) < 4.78 is 5.48. The number of hydrogen-bond donors (Lipinski definition) is 1. The molecule has 0 aromatic heterocycles. The minimum atomic E-state index is -0.0716. The molecule has 2 heteroatoms. The van der Waals surface area contributed by atoms with Gasteiger partial charge < -0.3 is 10.1 Å². The van der Waals surface area contributed by atoms with E-state index in [1.807, 2.05) is 0 Å². The number of hydrogen-bond acceptors (Lipinski definition) is 2. The predicted octanol–water partition coefficient (Wildman–Crippen LogP) is 3.85. The highest BCUT2D eigenvalue weighted by molar-refractivity contribution is 5.28. The highest BCUT2D eigenvalue weighted by atomic mass is 16.5. The number of methoxy groups -OCH3 is 1. The molecule has 1 aromatic carbocycles. The van der Waals surface area contributed by atoms with E-state index in [1.165, 1.54) is 11.1 Å². The summed E-state index contributed by atoms with van der Waals surface area (Å²) in [5.41, 5.74) is 2.65. The van der Waals surface area contributed by atoms with E-state index in [2.05, 4.69) is 64.2 Å². The SMILES string of the molecule is COC(C)(C)CC(C)N[C@H](C)c1ccccc1C. The third kappa shape index (κ3) is 4.43. The van der Waals surface area contributed by atoms with Crippen molar-refractivity contribution in [2.75, 3.05) is 7.11 Å². The lowest BCUT2D eigenvalue weighted by Crippen LogP contribution is -2.37. The summed E-state index contributed by atoms with van der Waals surface area (Å²) in [5, 5.41) is 3.65. The van der Waals surface area contributed by atoms with Crippen LogP contribution in [-0.2, 0) is 4.74 Å². The molecule has 1 aromatic rings. The van der Waals surface area contributed by atoms with Crippen molar-refractivity contribution >= 4 is 0 Å². The smallest absolute Gasteiger partial charge is 0.0637 e. The maximum absolute atomic E-state index is 5.48. The van der Waals surface area contributed by atoms with Gasteiger partial charge in [-0.15, -0.1) is 0 Å². The highest BCUT2D eigenvalue weighted by Crippen LogP contribution is 2.20. The van der Waals surface area contributed by atoms with E-state index in [4.69, 9.17) is 4.74 Å². The van der Waals surface area contributed by atoms with Crippen LogP contribution in [0.1, 0.15) is 51.3 Å². The second kappa shape index (κ2) is 6.35. The standard InChI is InChI=1S/C16H27NO/c1-12-9-7-8-10-15(12)14(3)17-13(2)11-16(4,5)18-6/h7-10,13-14,17H,11H2,1-6H3/t13?,14-/m1/s1. The molecule has 0 aliphatic rings. The molecule has 0 radical (unpaired) electrons. The minimum absolute atomic E-state index is 0.0716. The normalized spacial score (nSPS) is 15.4. The van der Waals surface area contributed by atoms with Gasteiger partial charge in [0.05, 0.1) is 5.60 Å². The molecule has 2 nitrogen and oxygen atoms in total. The highest BCUT2D eigenvalue weighted by Gasteiger charge is 2.21. The van der Waals surface area contributed by atoms with E-state index < -0.39 is 0 Å². The Labute approximate surface area is 112 Å². The number of aryl methyl sites for hydroxylation is 1. The molecule has 0 heterocycles. The van der Waals surface area contributed by atoms with Crippen LogP contribution in [0.5, 0.6) is 0 Å². The van der Waals surface area contributed by atoms with Crippen molar-refractivity contribution in [3.05, 3.63) is 35.4 Å². The topological polar surface area (TPSA) is 21.3 Å². The van der Waals surface area contributed by atoms with Crippen molar-refractivity contribution in [2.45, 2.75) is 58.7 Å². The summed E-state index contributed by atoms with van der Waals surface area (Å²) >= 11 is 0. The van der Waals surface area contributed by atoms with E-state index >= 15 is 0 Å². The van der Waals surface area contributed by atoms with Gasteiger partial charge in [-0.25, -0.2) is 0 Å². The lowest BCUT2D eigenvalue weighted by atomic mass is 9.97. The fraction of sp³-hybridized carbons (Fsp3) is 0.625. The Kier molecular flexibility index (Phi) is 5.36. The Bertz CT molecular complexity index is 373. The average molecular weight is 249 g/mol. The summed E-state index contributed by atoms with van der Waals surface area (Å²) in [7, 11) is 1.78. The molecule has 1 unspecified atom stereocenters. The van der Waals surface area contributed by atoms with Crippen LogP contribution < -0.4 is 5.32 Å². The lowest BCUT2D eigenvalue weighted by molar-refractivity contribution is 0.00782. The quantitative estimate of drug-likeness (QED) is 0.827. The number of rotatable bonds is 6. The van der Waals surface area contributed by atoms with Crippen LogP contribution in [0.3, 0.4) is 0 Å². The maximum atomic E-state index is 5.48. The number of ether oxygens (including phenoxy) is 1. The molecule has 18 heavy (non-hydrogen) atoms. The van der Waals surface area contributed by atoms with Gasteiger partial charge in [-0.05, 0) is 52.2 Å². The van der Waals surface area contributed by atoms with Gasteiger partial charge in [0.15, 0.2) is 0 Å². The van der Waals surface area contributed by atoms with Crippen LogP contribution in [0, 0.1) is 6.92 Å². The molecule has 0 saturated carbocycles. The summed E-state index contributed by atoms with van der Waals surface area (Å²) in [6, 6.07) is 9.34. The molecule has 0 saturated heterocycles. The van der Waals surface area contributed by atoms with Gasteiger partial charge in [-0.3, -0.25) is 0 Å². The van der Waals surface area contributed by atoms with Crippen molar-refractivity contribution < 1.29 is 4.74 Å².